The molecule has 0 aromatic heterocycles. The maximum Gasteiger partial charge on any atom is 0.320 e. The van der Waals surface area contributed by atoms with Gasteiger partial charge in [-0.15, -0.1) is 0 Å². The SMILES string of the molecule is N#Cc1ccc(CN2CC3CNCCN3C2=O)c(F)c1. The number of rotatable bonds is 2. The van der Waals surface area contributed by atoms with E-state index < -0.39 is 5.82 Å². The van der Waals surface area contributed by atoms with Crippen LogP contribution in [0.4, 0.5) is 9.18 Å². The Bertz CT molecular complexity index is 583. The minimum atomic E-state index is -0.431. The van der Waals surface area contributed by atoms with Crippen molar-refractivity contribution in [2.75, 3.05) is 26.2 Å². The normalized spacial score (nSPS) is 21.8. The van der Waals surface area contributed by atoms with E-state index in [4.69, 9.17) is 5.26 Å². The van der Waals surface area contributed by atoms with E-state index in [2.05, 4.69) is 5.32 Å². The Morgan fingerprint density at radius 2 is 2.35 bits per heavy atom. The Morgan fingerprint density at radius 3 is 3.05 bits per heavy atom. The third kappa shape index (κ3) is 2.21. The zero-order valence-electron chi connectivity index (χ0n) is 11.0. The molecule has 2 amide bonds. The molecule has 2 heterocycles. The van der Waals surface area contributed by atoms with Gasteiger partial charge < -0.3 is 15.1 Å². The topological polar surface area (TPSA) is 59.4 Å². The molecule has 2 aliphatic rings. The Hall–Kier alpha value is -2.13. The minimum absolute atomic E-state index is 0.0275. The van der Waals surface area contributed by atoms with E-state index in [1.54, 1.807) is 17.0 Å². The fraction of sp³-hybridized carbons (Fsp3) is 0.429. The van der Waals surface area contributed by atoms with Gasteiger partial charge >= 0.3 is 6.03 Å². The highest BCUT2D eigenvalue weighted by atomic mass is 19.1. The molecule has 0 spiro atoms. The molecule has 1 aromatic rings. The Kier molecular flexibility index (Phi) is 3.28. The number of piperazine rings is 1. The lowest BCUT2D eigenvalue weighted by molar-refractivity contribution is 0.178. The number of nitrogens with zero attached hydrogens (tertiary/aromatic N) is 3. The van der Waals surface area contributed by atoms with E-state index in [1.807, 2.05) is 11.0 Å². The van der Waals surface area contributed by atoms with Crippen LogP contribution < -0.4 is 5.32 Å². The number of nitrogens with one attached hydrogen (secondary N) is 1. The van der Waals surface area contributed by atoms with Gasteiger partial charge in [-0.25, -0.2) is 9.18 Å². The van der Waals surface area contributed by atoms with Crippen molar-refractivity contribution < 1.29 is 9.18 Å². The average molecular weight is 274 g/mol. The van der Waals surface area contributed by atoms with E-state index in [9.17, 15) is 9.18 Å². The largest absolute Gasteiger partial charge is 0.320 e. The van der Waals surface area contributed by atoms with Crippen LogP contribution in [-0.4, -0.2) is 48.1 Å². The van der Waals surface area contributed by atoms with Gasteiger partial charge in [0, 0.05) is 31.7 Å². The zero-order chi connectivity index (χ0) is 14.1. The van der Waals surface area contributed by atoms with Crippen molar-refractivity contribution in [3.8, 4) is 6.07 Å². The predicted molar refractivity (Wildman–Crippen MR) is 70.3 cm³/mol. The smallest absolute Gasteiger partial charge is 0.318 e. The lowest BCUT2D eigenvalue weighted by atomic mass is 10.1. The number of hydrogen-bond acceptors (Lipinski definition) is 3. The van der Waals surface area contributed by atoms with Crippen molar-refractivity contribution in [3.05, 3.63) is 35.1 Å². The summed E-state index contributed by atoms with van der Waals surface area (Å²) in [6, 6.07) is 6.42. The zero-order valence-corrected chi connectivity index (χ0v) is 11.0. The summed E-state index contributed by atoms with van der Waals surface area (Å²) in [6.45, 7) is 3.17. The van der Waals surface area contributed by atoms with Gasteiger partial charge in [-0.05, 0) is 12.1 Å². The van der Waals surface area contributed by atoms with Crippen molar-refractivity contribution in [2.45, 2.75) is 12.6 Å². The highest BCUT2D eigenvalue weighted by Gasteiger charge is 2.38. The van der Waals surface area contributed by atoms with Crippen LogP contribution in [0.25, 0.3) is 0 Å². The maximum atomic E-state index is 13.9. The van der Waals surface area contributed by atoms with Gasteiger partial charge in [0.2, 0.25) is 0 Å². The minimum Gasteiger partial charge on any atom is -0.318 e. The number of urea groups is 1. The summed E-state index contributed by atoms with van der Waals surface area (Å²) in [6.07, 6.45) is 0. The average Bonchev–Trinajstić information content (AvgIpc) is 2.78. The molecule has 1 atom stereocenters. The molecular weight excluding hydrogens is 259 g/mol. The van der Waals surface area contributed by atoms with Gasteiger partial charge in [-0.2, -0.15) is 5.26 Å². The number of halogens is 1. The molecule has 6 heteroatoms. The van der Waals surface area contributed by atoms with Crippen LogP contribution >= 0.6 is 0 Å². The van der Waals surface area contributed by atoms with E-state index in [1.165, 1.54) is 6.07 Å². The fourth-order valence-corrected chi connectivity index (χ4v) is 2.77. The van der Waals surface area contributed by atoms with Gasteiger partial charge in [0.15, 0.2) is 0 Å². The molecule has 0 saturated carbocycles. The van der Waals surface area contributed by atoms with Crippen molar-refractivity contribution in [3.63, 3.8) is 0 Å². The maximum absolute atomic E-state index is 13.9. The molecule has 1 unspecified atom stereocenters. The van der Waals surface area contributed by atoms with Crippen molar-refractivity contribution in [1.29, 1.82) is 5.26 Å². The standard InChI is InChI=1S/C14H15FN4O/c15-13-5-10(6-16)1-2-11(13)8-18-9-12-7-17-3-4-19(12)14(18)20/h1-2,5,12,17H,3-4,7-9H2. The second-order valence-electron chi connectivity index (χ2n) is 5.13. The first kappa shape index (κ1) is 12.9. The van der Waals surface area contributed by atoms with E-state index in [0.29, 0.717) is 24.2 Å². The van der Waals surface area contributed by atoms with Crippen LogP contribution in [0, 0.1) is 17.1 Å². The molecule has 2 aliphatic heterocycles. The first-order valence-corrected chi connectivity index (χ1v) is 6.64. The highest BCUT2D eigenvalue weighted by Crippen LogP contribution is 2.21. The first-order valence-electron chi connectivity index (χ1n) is 6.64. The summed E-state index contributed by atoms with van der Waals surface area (Å²) in [7, 11) is 0. The number of nitriles is 1. The van der Waals surface area contributed by atoms with Crippen LogP contribution in [0.1, 0.15) is 11.1 Å². The number of fused-ring (bicyclic) bond motifs is 1. The molecule has 3 rings (SSSR count). The summed E-state index contributed by atoms with van der Waals surface area (Å²) < 4.78 is 13.9. The van der Waals surface area contributed by atoms with Crippen LogP contribution in [0.5, 0.6) is 0 Å². The number of benzene rings is 1. The Labute approximate surface area is 116 Å². The van der Waals surface area contributed by atoms with Crippen molar-refractivity contribution in [1.82, 2.24) is 15.1 Å². The van der Waals surface area contributed by atoms with Crippen LogP contribution in [0.3, 0.4) is 0 Å². The molecule has 2 fully saturated rings. The Morgan fingerprint density at radius 1 is 1.50 bits per heavy atom. The lowest BCUT2D eigenvalue weighted by Gasteiger charge is -2.28. The summed E-state index contributed by atoms with van der Waals surface area (Å²) in [5.74, 6) is -0.431. The fourth-order valence-electron chi connectivity index (χ4n) is 2.77. The second kappa shape index (κ2) is 5.10. The van der Waals surface area contributed by atoms with Crippen LogP contribution in [0.2, 0.25) is 0 Å². The van der Waals surface area contributed by atoms with E-state index >= 15 is 0 Å². The number of carbonyl (C=O) groups excluding carboxylic acids is 1. The molecule has 104 valence electrons. The first-order chi connectivity index (χ1) is 9.69. The summed E-state index contributed by atoms with van der Waals surface area (Å²) in [4.78, 5) is 15.7. The van der Waals surface area contributed by atoms with Crippen molar-refractivity contribution >= 4 is 6.03 Å². The van der Waals surface area contributed by atoms with Gasteiger partial charge in [0.05, 0.1) is 24.2 Å². The lowest BCUT2D eigenvalue weighted by Crippen LogP contribution is -2.49. The van der Waals surface area contributed by atoms with Gasteiger partial charge in [-0.3, -0.25) is 0 Å². The molecule has 1 N–H and O–H groups in total. The third-order valence-corrected chi connectivity index (χ3v) is 3.84. The second-order valence-corrected chi connectivity index (χ2v) is 5.13. The molecule has 0 bridgehead atoms. The molecule has 1 aromatic carbocycles. The van der Waals surface area contributed by atoms with E-state index in [-0.39, 0.29) is 18.6 Å². The highest BCUT2D eigenvalue weighted by molar-refractivity contribution is 5.77. The van der Waals surface area contributed by atoms with Gasteiger partial charge in [-0.1, -0.05) is 6.07 Å². The van der Waals surface area contributed by atoms with Gasteiger partial charge in [0.1, 0.15) is 5.82 Å². The number of hydrogen-bond donors (Lipinski definition) is 1. The van der Waals surface area contributed by atoms with Crippen molar-refractivity contribution in [2.24, 2.45) is 0 Å². The number of carbonyl (C=O) groups is 1. The monoisotopic (exact) mass is 274 g/mol. The van der Waals surface area contributed by atoms with Crippen LogP contribution in [0.15, 0.2) is 18.2 Å². The number of amides is 2. The van der Waals surface area contributed by atoms with E-state index in [0.717, 1.165) is 13.1 Å². The molecular formula is C14H15FN4O. The Balaban J connectivity index is 1.75. The van der Waals surface area contributed by atoms with Crippen LogP contribution in [-0.2, 0) is 6.54 Å². The molecule has 20 heavy (non-hydrogen) atoms. The molecule has 5 nitrogen and oxygen atoms in total. The summed E-state index contributed by atoms with van der Waals surface area (Å²) in [5, 5.41) is 12.0. The molecule has 0 radical (unpaired) electrons. The third-order valence-electron chi connectivity index (χ3n) is 3.84. The summed E-state index contributed by atoms with van der Waals surface area (Å²) >= 11 is 0. The molecule has 2 saturated heterocycles. The predicted octanol–water partition coefficient (Wildman–Crippen LogP) is 0.907. The molecule has 0 aliphatic carbocycles. The summed E-state index contributed by atoms with van der Waals surface area (Å²) in [5.41, 5.74) is 0.741. The van der Waals surface area contributed by atoms with Gasteiger partial charge in [0.25, 0.3) is 0 Å². The quantitative estimate of drug-likeness (QED) is 0.872.